The molecule has 0 spiro atoms. The average molecular weight is 1070 g/mol. The Morgan fingerprint density at radius 2 is 0.397 bits per heavy atom. The van der Waals surface area contributed by atoms with Crippen molar-refractivity contribution in [1.82, 2.24) is 0 Å². The van der Waals surface area contributed by atoms with E-state index in [0.29, 0.717) is 18.6 Å². The van der Waals surface area contributed by atoms with E-state index < -0.39 is 25.0 Å². The summed E-state index contributed by atoms with van der Waals surface area (Å²) in [5, 5.41) is 16.4. The fraction of sp³-hybridized carbons (Fsp3) is 0.174. The summed E-state index contributed by atoms with van der Waals surface area (Å²) < 4.78 is 22.5. The molecule has 0 heterocycles. The van der Waals surface area contributed by atoms with Crippen molar-refractivity contribution in [3.8, 4) is 0 Å². The molecule has 0 saturated heterocycles. The fourth-order valence-corrected chi connectivity index (χ4v) is 22.5. The smallest absolute Gasteiger partial charge is 0.300 e. The van der Waals surface area contributed by atoms with E-state index in [4.69, 9.17) is 29.0 Å². The molecule has 9 aromatic carbocycles. The highest BCUT2D eigenvalue weighted by molar-refractivity contribution is 6.75. The topological polar surface area (TPSA) is 64.8 Å². The van der Waals surface area contributed by atoms with Crippen molar-refractivity contribution in [3.63, 3.8) is 0 Å². The maximum atomic E-state index is 7.56. The predicted octanol–water partition coefficient (Wildman–Crippen LogP) is 15.2. The molecule has 0 atom stereocenters. The van der Waals surface area contributed by atoms with E-state index in [1.165, 1.54) is 50.1 Å². The van der Waals surface area contributed by atoms with Gasteiger partial charge in [-0.05, 0) is 69.3 Å². The Labute approximate surface area is 465 Å². The highest BCUT2D eigenvalue weighted by Crippen LogP contribution is 2.30. The van der Waals surface area contributed by atoms with Crippen LogP contribution in [0.5, 0.6) is 0 Å². The van der Waals surface area contributed by atoms with Gasteiger partial charge in [0.1, 0.15) is 11.4 Å². The molecule has 0 N–H and O–H groups in total. The molecule has 0 unspecified atom stereocenters. The van der Waals surface area contributed by atoms with Crippen molar-refractivity contribution >= 4 is 42.1 Å². The zero-order chi connectivity index (χ0) is 53.0. The van der Waals surface area contributed by atoms with Gasteiger partial charge in [-0.15, -0.1) is 10.3 Å². The van der Waals surface area contributed by atoms with E-state index in [1.807, 2.05) is 0 Å². The molecule has 1 fully saturated rings. The minimum absolute atomic E-state index is 0.622. The first-order valence-electron chi connectivity index (χ1n) is 27.6. The van der Waals surface area contributed by atoms with Crippen molar-refractivity contribution in [1.29, 1.82) is 0 Å². The van der Waals surface area contributed by atoms with Gasteiger partial charge in [-0.2, -0.15) is 0 Å². The summed E-state index contributed by atoms with van der Waals surface area (Å²) >= 11 is 0. The van der Waals surface area contributed by atoms with E-state index in [1.54, 1.807) is 0 Å². The summed E-state index contributed by atoms with van der Waals surface area (Å²) in [4.78, 5) is 0. The molecule has 390 valence electrons. The Hall–Kier alpha value is -7.96. The molecule has 9 heteroatoms. The van der Waals surface area contributed by atoms with Crippen molar-refractivity contribution < 1.29 is 13.6 Å². The minimum Gasteiger partial charge on any atom is -0.453 e. The van der Waals surface area contributed by atoms with Gasteiger partial charge in [-0.3, -0.25) is 0 Å². The Morgan fingerprint density at radius 3 is 0.577 bits per heavy atom. The molecule has 1 aliphatic carbocycles. The van der Waals surface area contributed by atoms with Crippen LogP contribution in [0.25, 0.3) is 0 Å². The van der Waals surface area contributed by atoms with Gasteiger partial charge in [0, 0.05) is 54.4 Å². The Balaban J connectivity index is 1.13. The third kappa shape index (κ3) is 15.4. The van der Waals surface area contributed by atoms with Gasteiger partial charge < -0.3 is 13.6 Å². The molecule has 0 radical (unpaired) electrons. The molecule has 10 rings (SSSR count). The van der Waals surface area contributed by atoms with Crippen LogP contribution in [-0.4, -0.2) is 42.1 Å². The van der Waals surface area contributed by atoms with Gasteiger partial charge in [0.15, 0.2) is 5.71 Å². The zero-order valence-corrected chi connectivity index (χ0v) is 47.5. The molecule has 9 aromatic rings. The lowest BCUT2D eigenvalue weighted by Crippen LogP contribution is -2.48. The fourth-order valence-electron chi connectivity index (χ4n) is 11.1. The normalized spacial score (nSPS) is 14.5. The summed E-state index contributed by atoms with van der Waals surface area (Å²) in [6.07, 6.45) is 2.11. The van der Waals surface area contributed by atoms with Crippen LogP contribution in [0.2, 0.25) is 0 Å². The molecule has 0 amide bonds. The second kappa shape index (κ2) is 26.9. The quantitative estimate of drug-likeness (QED) is 0.0447. The highest BCUT2D eigenvalue weighted by Gasteiger charge is 2.43. The van der Waals surface area contributed by atoms with E-state index >= 15 is 0 Å². The number of nitrogens with zero attached hydrogens (tertiary/aromatic N) is 3. The van der Waals surface area contributed by atoms with Crippen LogP contribution >= 0.6 is 0 Å². The van der Waals surface area contributed by atoms with E-state index in [0.717, 1.165) is 72.2 Å². The van der Waals surface area contributed by atoms with E-state index in [9.17, 15) is 0 Å². The van der Waals surface area contributed by atoms with Gasteiger partial charge in [0.2, 0.25) is 0 Å². The monoisotopic (exact) mass is 1070 g/mol. The molecular weight excluding hydrogens is 1000 g/mol. The standard InChI is InChI=1S/C69H69N3O3Si3/c1-10-29-58(30-11-1)49-76(50-59-31-12-2-13-32-59,51-60-33-14-3-15-34-60)73-70-67-47-28-48-68(71-74-77(52-61-35-16-4-17-36-61,53-62-37-18-5-19-38-62)54-63-39-20-6-21-40-63)69(67)72-75-78(55-64-41-22-7-23-42-64,56-65-43-24-8-25-44-65)57-66-45-26-9-27-46-66/h1-27,29-46H,28,47-57H2/b70-67-,71-68+,72-69?. The SMILES string of the molecule is c1ccc(C[Si](Cc2ccccc2)(Cc2ccccc2)ON=C2/C(=N\O[Si](Cc3ccccc3)(Cc3ccccc3)Cc3ccccc3)CCC/C2=N\O[Si](Cc2ccccc2)(Cc2ccccc2)Cc2ccccc2)cc1. The first-order chi connectivity index (χ1) is 38.5. The maximum Gasteiger partial charge on any atom is 0.300 e. The third-order valence-electron chi connectivity index (χ3n) is 14.7. The van der Waals surface area contributed by atoms with Gasteiger partial charge in [0.25, 0.3) is 25.0 Å². The summed E-state index contributed by atoms with van der Waals surface area (Å²) in [6.45, 7) is 0. The summed E-state index contributed by atoms with van der Waals surface area (Å²) in [6, 6.07) is 104. The molecule has 1 saturated carbocycles. The van der Waals surface area contributed by atoms with Crippen molar-refractivity contribution in [2.75, 3.05) is 0 Å². The molecule has 0 aromatic heterocycles. The van der Waals surface area contributed by atoms with Gasteiger partial charge in [-0.1, -0.05) is 278 Å². The van der Waals surface area contributed by atoms with E-state index in [2.05, 4.69) is 273 Å². The zero-order valence-electron chi connectivity index (χ0n) is 44.5. The molecule has 78 heavy (non-hydrogen) atoms. The van der Waals surface area contributed by atoms with Gasteiger partial charge in [0.05, 0.1) is 0 Å². The number of rotatable bonds is 24. The average Bonchev–Trinajstić information content (AvgIpc) is 3.52. The van der Waals surface area contributed by atoms with Crippen molar-refractivity contribution in [3.05, 3.63) is 323 Å². The van der Waals surface area contributed by atoms with Crippen LogP contribution in [0, 0.1) is 0 Å². The summed E-state index contributed by atoms with van der Waals surface area (Å²) in [5.41, 5.74) is 13.2. The van der Waals surface area contributed by atoms with E-state index in [-0.39, 0.29) is 0 Å². The number of oxime groups is 3. The molecule has 0 bridgehead atoms. The van der Waals surface area contributed by atoms with Crippen LogP contribution < -0.4 is 0 Å². The second-order valence-corrected chi connectivity index (χ2v) is 32.0. The van der Waals surface area contributed by atoms with Gasteiger partial charge >= 0.3 is 0 Å². The number of hydrogen-bond acceptors (Lipinski definition) is 6. The number of benzene rings is 9. The van der Waals surface area contributed by atoms with Crippen LogP contribution in [0.1, 0.15) is 69.3 Å². The third-order valence-corrected chi connectivity index (χ3v) is 25.6. The molecule has 1 aliphatic rings. The second-order valence-electron chi connectivity index (χ2n) is 21.2. The summed E-state index contributed by atoms with van der Waals surface area (Å²) in [5.74, 6) is 0. The first-order valence-corrected chi connectivity index (χ1v) is 35.2. The molecular formula is C69H69N3O3Si3. The Bertz CT molecular complexity index is 2840. The largest absolute Gasteiger partial charge is 0.453 e. The maximum absolute atomic E-state index is 7.56. The lowest BCUT2D eigenvalue weighted by molar-refractivity contribution is 0.308. The number of hydrogen-bond donors (Lipinski definition) is 0. The lowest BCUT2D eigenvalue weighted by atomic mass is 9.94. The van der Waals surface area contributed by atoms with Crippen LogP contribution in [0.4, 0.5) is 0 Å². The van der Waals surface area contributed by atoms with Crippen molar-refractivity contribution in [2.24, 2.45) is 15.5 Å². The Morgan fingerprint density at radius 1 is 0.231 bits per heavy atom. The summed E-state index contributed by atoms with van der Waals surface area (Å²) in [7, 11) is -8.71. The minimum atomic E-state index is -2.95. The van der Waals surface area contributed by atoms with Crippen LogP contribution in [-0.2, 0) is 68.0 Å². The lowest BCUT2D eigenvalue weighted by Gasteiger charge is -2.32. The van der Waals surface area contributed by atoms with Gasteiger partial charge in [-0.25, -0.2) is 0 Å². The molecule has 6 nitrogen and oxygen atoms in total. The Kier molecular flexibility index (Phi) is 18.4. The highest BCUT2D eigenvalue weighted by atomic mass is 28.4. The van der Waals surface area contributed by atoms with Crippen LogP contribution in [0.3, 0.4) is 0 Å². The predicted molar refractivity (Wildman–Crippen MR) is 328 cm³/mol. The first kappa shape index (κ1) is 53.4. The van der Waals surface area contributed by atoms with Crippen LogP contribution in [0.15, 0.2) is 288 Å². The van der Waals surface area contributed by atoms with Crippen molar-refractivity contribution in [2.45, 2.75) is 73.7 Å². The molecule has 0 aliphatic heterocycles.